The first kappa shape index (κ1) is 19.0. The van der Waals surface area contributed by atoms with Gasteiger partial charge in [0.25, 0.3) is 5.89 Å². The lowest BCUT2D eigenvalue weighted by Crippen LogP contribution is -2.14. The number of anilines is 1. The van der Waals surface area contributed by atoms with E-state index in [1.54, 1.807) is 30.3 Å². The smallest absolute Gasteiger partial charge is 0.259 e. The van der Waals surface area contributed by atoms with Gasteiger partial charge in [-0.1, -0.05) is 52.1 Å². The molecule has 0 aliphatic rings. The van der Waals surface area contributed by atoms with Crippen LogP contribution in [-0.4, -0.2) is 21.8 Å². The molecule has 0 bridgehead atoms. The Morgan fingerprint density at radius 3 is 2.69 bits per heavy atom. The molecule has 0 atom stereocenters. The molecule has 0 spiro atoms. The van der Waals surface area contributed by atoms with E-state index in [9.17, 15) is 4.79 Å². The number of benzene rings is 2. The lowest BCUT2D eigenvalue weighted by Gasteiger charge is -2.06. The van der Waals surface area contributed by atoms with Crippen molar-refractivity contribution in [1.82, 2.24) is 10.1 Å². The van der Waals surface area contributed by atoms with Crippen LogP contribution in [0.4, 0.5) is 5.69 Å². The van der Waals surface area contributed by atoms with Gasteiger partial charge < -0.3 is 9.84 Å². The Hall–Kier alpha value is -1.73. The Kier molecular flexibility index (Phi) is 6.43. The molecule has 5 nitrogen and oxygen atoms in total. The molecule has 1 aromatic heterocycles. The van der Waals surface area contributed by atoms with Crippen LogP contribution in [0.15, 0.2) is 47.0 Å². The summed E-state index contributed by atoms with van der Waals surface area (Å²) in [6, 6.07) is 12.1. The zero-order chi connectivity index (χ0) is 18.5. The Bertz CT molecular complexity index is 933. The molecule has 9 heteroatoms. The molecule has 3 rings (SSSR count). The number of hydrogen-bond donors (Lipinski definition) is 1. The van der Waals surface area contributed by atoms with Crippen molar-refractivity contribution in [3.05, 3.63) is 63.4 Å². The summed E-state index contributed by atoms with van der Waals surface area (Å²) in [4.78, 5) is 16.3. The lowest BCUT2D eigenvalue weighted by molar-refractivity contribution is -0.113. The Morgan fingerprint density at radius 2 is 1.92 bits per heavy atom. The van der Waals surface area contributed by atoms with Crippen molar-refractivity contribution < 1.29 is 9.32 Å². The predicted molar refractivity (Wildman–Crippen MR) is 106 cm³/mol. The van der Waals surface area contributed by atoms with Crippen LogP contribution in [-0.2, 0) is 10.5 Å². The van der Waals surface area contributed by atoms with Gasteiger partial charge in [0.15, 0.2) is 5.82 Å². The molecular weight excluding hydrogens is 417 g/mol. The molecule has 26 heavy (non-hydrogen) atoms. The van der Waals surface area contributed by atoms with Gasteiger partial charge in [0, 0.05) is 5.02 Å². The average molecular weight is 429 g/mol. The number of aromatic nitrogens is 2. The molecule has 2 aromatic carbocycles. The largest absolute Gasteiger partial charge is 0.334 e. The summed E-state index contributed by atoms with van der Waals surface area (Å²) >= 11 is 19.3. The van der Waals surface area contributed by atoms with E-state index in [1.807, 2.05) is 12.1 Å². The Balaban J connectivity index is 1.52. The summed E-state index contributed by atoms with van der Waals surface area (Å²) in [5.74, 6) is 1.30. The number of rotatable bonds is 6. The number of halogens is 3. The van der Waals surface area contributed by atoms with Gasteiger partial charge in [-0.05, 0) is 30.3 Å². The number of thioether (sulfide) groups is 1. The first-order valence-electron chi connectivity index (χ1n) is 7.43. The SMILES string of the molecule is O=C(CSCc1noc(-c2ccccc2Cl)n1)Nc1ccc(Cl)cc1Cl. The standard InChI is InChI=1S/C17H12Cl3N3O2S/c18-10-5-6-14(13(20)7-10)21-16(24)9-26-8-15-22-17(25-23-15)11-3-1-2-4-12(11)19/h1-7H,8-9H2,(H,21,24). The molecule has 0 aliphatic heterocycles. The number of amides is 1. The van der Waals surface area contributed by atoms with E-state index in [1.165, 1.54) is 11.8 Å². The van der Waals surface area contributed by atoms with Crippen molar-refractivity contribution in [1.29, 1.82) is 0 Å². The molecule has 1 heterocycles. The van der Waals surface area contributed by atoms with Crippen molar-refractivity contribution in [3.8, 4) is 11.5 Å². The predicted octanol–water partition coefficient (Wildman–Crippen LogP) is 5.57. The van der Waals surface area contributed by atoms with Gasteiger partial charge in [-0.15, -0.1) is 11.8 Å². The highest BCUT2D eigenvalue weighted by atomic mass is 35.5. The van der Waals surface area contributed by atoms with E-state index in [4.69, 9.17) is 39.3 Å². The number of hydrogen-bond acceptors (Lipinski definition) is 5. The van der Waals surface area contributed by atoms with Gasteiger partial charge in [-0.2, -0.15) is 4.98 Å². The van der Waals surface area contributed by atoms with Crippen LogP contribution in [0.1, 0.15) is 5.82 Å². The summed E-state index contributed by atoms with van der Waals surface area (Å²) in [5.41, 5.74) is 1.19. The summed E-state index contributed by atoms with van der Waals surface area (Å²) in [6.45, 7) is 0. The number of carbonyl (C=O) groups excluding carboxylic acids is 1. The van der Waals surface area contributed by atoms with Gasteiger partial charge in [-0.3, -0.25) is 4.79 Å². The van der Waals surface area contributed by atoms with Crippen molar-refractivity contribution >= 4 is 58.2 Å². The van der Waals surface area contributed by atoms with Crippen molar-refractivity contribution in [2.75, 3.05) is 11.1 Å². The summed E-state index contributed by atoms with van der Waals surface area (Å²) in [6.07, 6.45) is 0. The second-order valence-electron chi connectivity index (χ2n) is 5.16. The van der Waals surface area contributed by atoms with E-state index in [-0.39, 0.29) is 11.7 Å². The highest BCUT2D eigenvalue weighted by Gasteiger charge is 2.13. The minimum absolute atomic E-state index is 0.186. The van der Waals surface area contributed by atoms with Crippen LogP contribution < -0.4 is 5.32 Å². The lowest BCUT2D eigenvalue weighted by atomic mass is 10.2. The van der Waals surface area contributed by atoms with Gasteiger partial charge in [0.1, 0.15) is 0 Å². The number of nitrogens with one attached hydrogen (secondary N) is 1. The maximum absolute atomic E-state index is 12.0. The second-order valence-corrected chi connectivity index (χ2v) is 7.40. The Morgan fingerprint density at radius 1 is 1.12 bits per heavy atom. The van der Waals surface area contributed by atoms with Crippen LogP contribution in [0.2, 0.25) is 15.1 Å². The van der Waals surface area contributed by atoms with E-state index in [0.29, 0.717) is 43.8 Å². The second kappa shape index (κ2) is 8.77. The zero-order valence-electron chi connectivity index (χ0n) is 13.2. The van der Waals surface area contributed by atoms with Crippen LogP contribution in [0.25, 0.3) is 11.5 Å². The zero-order valence-corrected chi connectivity index (χ0v) is 16.3. The van der Waals surface area contributed by atoms with Crippen LogP contribution >= 0.6 is 46.6 Å². The molecule has 0 saturated heterocycles. The maximum Gasteiger partial charge on any atom is 0.259 e. The molecule has 0 saturated carbocycles. The molecule has 0 radical (unpaired) electrons. The quantitative estimate of drug-likeness (QED) is 0.556. The number of nitrogens with zero attached hydrogens (tertiary/aromatic N) is 2. The molecule has 1 amide bonds. The van der Waals surface area contributed by atoms with Crippen molar-refractivity contribution in [2.45, 2.75) is 5.75 Å². The first-order valence-corrected chi connectivity index (χ1v) is 9.72. The summed E-state index contributed by atoms with van der Waals surface area (Å²) in [5, 5.41) is 8.07. The molecule has 0 unspecified atom stereocenters. The van der Waals surface area contributed by atoms with Crippen molar-refractivity contribution in [2.24, 2.45) is 0 Å². The topological polar surface area (TPSA) is 68.0 Å². The molecular formula is C17H12Cl3N3O2S. The van der Waals surface area contributed by atoms with Crippen LogP contribution in [0.5, 0.6) is 0 Å². The summed E-state index contributed by atoms with van der Waals surface area (Å²) < 4.78 is 5.22. The Labute approximate surface area is 169 Å². The third kappa shape index (κ3) is 4.92. The first-order chi connectivity index (χ1) is 12.5. The fourth-order valence-electron chi connectivity index (χ4n) is 2.07. The maximum atomic E-state index is 12.0. The monoisotopic (exact) mass is 427 g/mol. The van der Waals surface area contributed by atoms with E-state index >= 15 is 0 Å². The van der Waals surface area contributed by atoms with E-state index in [0.717, 1.165) is 0 Å². The van der Waals surface area contributed by atoms with E-state index < -0.39 is 0 Å². The van der Waals surface area contributed by atoms with Gasteiger partial charge >= 0.3 is 0 Å². The molecule has 134 valence electrons. The molecule has 3 aromatic rings. The van der Waals surface area contributed by atoms with Crippen LogP contribution in [0, 0.1) is 0 Å². The highest BCUT2D eigenvalue weighted by molar-refractivity contribution is 7.99. The fraction of sp³-hybridized carbons (Fsp3) is 0.118. The van der Waals surface area contributed by atoms with Crippen molar-refractivity contribution in [3.63, 3.8) is 0 Å². The van der Waals surface area contributed by atoms with Gasteiger partial charge in [0.2, 0.25) is 5.91 Å². The average Bonchev–Trinajstić information content (AvgIpc) is 3.06. The number of carbonyl (C=O) groups is 1. The summed E-state index contributed by atoms with van der Waals surface area (Å²) in [7, 11) is 0. The minimum Gasteiger partial charge on any atom is -0.334 e. The normalized spacial score (nSPS) is 10.7. The fourth-order valence-corrected chi connectivity index (χ4v) is 3.40. The molecule has 1 N–H and O–H groups in total. The molecule has 0 aliphatic carbocycles. The van der Waals surface area contributed by atoms with Gasteiger partial charge in [-0.25, -0.2) is 0 Å². The third-order valence-electron chi connectivity index (χ3n) is 3.24. The highest BCUT2D eigenvalue weighted by Crippen LogP contribution is 2.27. The third-order valence-corrected chi connectivity index (χ3v) is 5.05. The van der Waals surface area contributed by atoms with Crippen LogP contribution in [0.3, 0.4) is 0 Å². The van der Waals surface area contributed by atoms with E-state index in [2.05, 4.69) is 15.5 Å². The minimum atomic E-state index is -0.186. The van der Waals surface area contributed by atoms with Gasteiger partial charge in [0.05, 0.1) is 32.8 Å². The molecule has 0 fully saturated rings.